The van der Waals surface area contributed by atoms with E-state index in [0.29, 0.717) is 12.5 Å². The van der Waals surface area contributed by atoms with Crippen molar-refractivity contribution < 1.29 is 19.4 Å². The molecule has 92 valence electrons. The molecular weight excluding hydrogens is 230 g/mol. The summed E-state index contributed by atoms with van der Waals surface area (Å²) in [5, 5.41) is 8.44. The highest BCUT2D eigenvalue weighted by Crippen LogP contribution is 2.17. The fraction of sp³-hybridized carbons (Fsp3) is 0.800. The van der Waals surface area contributed by atoms with Crippen LogP contribution >= 0.6 is 11.8 Å². The fourth-order valence-electron chi connectivity index (χ4n) is 1.75. The van der Waals surface area contributed by atoms with Gasteiger partial charge in [0.15, 0.2) is 0 Å². The Labute approximate surface area is 99.1 Å². The van der Waals surface area contributed by atoms with Crippen molar-refractivity contribution in [2.45, 2.75) is 6.42 Å². The molecule has 1 rings (SSSR count). The van der Waals surface area contributed by atoms with E-state index in [0.717, 1.165) is 31.3 Å². The minimum absolute atomic E-state index is 0.0128. The number of rotatable bonds is 6. The smallest absolute Gasteiger partial charge is 0.313 e. The SMILES string of the molecule is COCC1CCN(C(=O)CSCC(=O)O)C1. The minimum Gasteiger partial charge on any atom is -0.481 e. The summed E-state index contributed by atoms with van der Waals surface area (Å²) in [7, 11) is 1.66. The zero-order chi connectivity index (χ0) is 12.0. The van der Waals surface area contributed by atoms with Gasteiger partial charge in [-0.05, 0) is 6.42 Å². The molecule has 0 aromatic rings. The molecule has 5 nitrogen and oxygen atoms in total. The number of likely N-dealkylation sites (tertiary alicyclic amines) is 1. The van der Waals surface area contributed by atoms with Crippen molar-refractivity contribution in [2.75, 3.05) is 38.3 Å². The van der Waals surface area contributed by atoms with Gasteiger partial charge in [0.05, 0.1) is 18.1 Å². The lowest BCUT2D eigenvalue weighted by Crippen LogP contribution is -2.31. The zero-order valence-corrected chi connectivity index (χ0v) is 10.2. The van der Waals surface area contributed by atoms with E-state index in [2.05, 4.69) is 0 Å². The monoisotopic (exact) mass is 247 g/mol. The van der Waals surface area contributed by atoms with E-state index in [9.17, 15) is 9.59 Å². The van der Waals surface area contributed by atoms with Crippen LogP contribution in [0.3, 0.4) is 0 Å². The molecule has 0 saturated carbocycles. The van der Waals surface area contributed by atoms with E-state index < -0.39 is 5.97 Å². The van der Waals surface area contributed by atoms with Gasteiger partial charge in [0, 0.05) is 26.1 Å². The number of amides is 1. The molecule has 1 unspecified atom stereocenters. The van der Waals surface area contributed by atoms with Crippen LogP contribution in [0.15, 0.2) is 0 Å². The summed E-state index contributed by atoms with van der Waals surface area (Å²) < 4.78 is 5.05. The molecule has 0 aliphatic carbocycles. The number of carbonyl (C=O) groups is 2. The Bertz CT molecular complexity index is 259. The summed E-state index contributed by atoms with van der Waals surface area (Å²) in [5.41, 5.74) is 0. The first-order valence-electron chi connectivity index (χ1n) is 5.19. The van der Waals surface area contributed by atoms with Crippen LogP contribution in [0.5, 0.6) is 0 Å². The molecule has 1 amide bonds. The van der Waals surface area contributed by atoms with Gasteiger partial charge in [-0.1, -0.05) is 0 Å². The van der Waals surface area contributed by atoms with Crippen LogP contribution in [0.1, 0.15) is 6.42 Å². The number of carbonyl (C=O) groups excluding carboxylic acids is 1. The Hall–Kier alpha value is -0.750. The molecule has 0 aromatic carbocycles. The Kier molecular flexibility index (Phi) is 5.62. The summed E-state index contributed by atoms with van der Waals surface area (Å²) in [6, 6.07) is 0. The summed E-state index contributed by atoms with van der Waals surface area (Å²) in [5.74, 6) is -0.174. The first-order valence-corrected chi connectivity index (χ1v) is 6.35. The van der Waals surface area contributed by atoms with Crippen molar-refractivity contribution in [3.63, 3.8) is 0 Å². The van der Waals surface area contributed by atoms with E-state index in [4.69, 9.17) is 9.84 Å². The number of hydrogen-bond donors (Lipinski definition) is 1. The average Bonchev–Trinajstić information content (AvgIpc) is 2.66. The normalized spacial score (nSPS) is 20.1. The molecular formula is C10H17NO4S. The predicted octanol–water partition coefficient (Wildman–Crippen LogP) is 0.299. The summed E-state index contributed by atoms with van der Waals surface area (Å²) in [4.78, 5) is 23.7. The van der Waals surface area contributed by atoms with Crippen molar-refractivity contribution in [3.8, 4) is 0 Å². The van der Waals surface area contributed by atoms with Gasteiger partial charge in [-0.15, -0.1) is 11.8 Å². The molecule has 1 aliphatic rings. The average molecular weight is 247 g/mol. The second kappa shape index (κ2) is 6.75. The Balaban J connectivity index is 2.20. The van der Waals surface area contributed by atoms with Gasteiger partial charge in [-0.2, -0.15) is 0 Å². The summed E-state index contributed by atoms with van der Waals surface area (Å²) in [6.07, 6.45) is 0.975. The molecule has 1 heterocycles. The van der Waals surface area contributed by atoms with E-state index in [1.807, 2.05) is 0 Å². The van der Waals surface area contributed by atoms with Crippen molar-refractivity contribution in [3.05, 3.63) is 0 Å². The van der Waals surface area contributed by atoms with Gasteiger partial charge in [0.2, 0.25) is 5.91 Å². The number of aliphatic carboxylic acids is 1. The topological polar surface area (TPSA) is 66.8 Å². The maximum atomic E-state index is 11.6. The number of methoxy groups -OCH3 is 1. The number of thioether (sulfide) groups is 1. The standard InChI is InChI=1S/C10H17NO4S/c1-15-5-8-2-3-11(4-8)9(12)6-16-7-10(13)14/h8H,2-7H2,1H3,(H,13,14). The minimum atomic E-state index is -0.878. The largest absolute Gasteiger partial charge is 0.481 e. The first-order chi connectivity index (χ1) is 7.63. The van der Waals surface area contributed by atoms with Gasteiger partial charge in [0.1, 0.15) is 0 Å². The molecule has 1 atom stereocenters. The second-order valence-electron chi connectivity index (χ2n) is 3.84. The van der Waals surface area contributed by atoms with Crippen molar-refractivity contribution in [1.29, 1.82) is 0 Å². The van der Waals surface area contributed by atoms with Crippen LogP contribution in [0.25, 0.3) is 0 Å². The van der Waals surface area contributed by atoms with E-state index in [-0.39, 0.29) is 17.4 Å². The van der Waals surface area contributed by atoms with Crippen molar-refractivity contribution >= 4 is 23.6 Å². The highest BCUT2D eigenvalue weighted by molar-refractivity contribution is 8.00. The highest BCUT2D eigenvalue weighted by Gasteiger charge is 2.25. The van der Waals surface area contributed by atoms with Gasteiger partial charge < -0.3 is 14.7 Å². The van der Waals surface area contributed by atoms with Gasteiger partial charge >= 0.3 is 5.97 Å². The third-order valence-electron chi connectivity index (χ3n) is 2.49. The lowest BCUT2D eigenvalue weighted by molar-refractivity contribution is -0.133. The molecule has 0 spiro atoms. The van der Waals surface area contributed by atoms with Crippen LogP contribution in [0.2, 0.25) is 0 Å². The van der Waals surface area contributed by atoms with Crippen LogP contribution in [-0.2, 0) is 14.3 Å². The third kappa shape index (κ3) is 4.40. The van der Waals surface area contributed by atoms with Crippen molar-refractivity contribution in [1.82, 2.24) is 4.90 Å². The van der Waals surface area contributed by atoms with E-state index >= 15 is 0 Å². The summed E-state index contributed by atoms with van der Waals surface area (Å²) in [6.45, 7) is 2.19. The van der Waals surface area contributed by atoms with Crippen LogP contribution in [0, 0.1) is 5.92 Å². The number of carboxylic acids is 1. The Morgan fingerprint density at radius 3 is 2.88 bits per heavy atom. The fourth-order valence-corrected chi connectivity index (χ4v) is 2.38. The Morgan fingerprint density at radius 2 is 2.25 bits per heavy atom. The lowest BCUT2D eigenvalue weighted by atomic mass is 10.1. The molecule has 6 heteroatoms. The molecule has 0 aromatic heterocycles. The van der Waals surface area contributed by atoms with Crippen LogP contribution in [0.4, 0.5) is 0 Å². The third-order valence-corrected chi connectivity index (χ3v) is 3.39. The van der Waals surface area contributed by atoms with E-state index in [1.54, 1.807) is 12.0 Å². The second-order valence-corrected chi connectivity index (χ2v) is 4.82. The van der Waals surface area contributed by atoms with Gasteiger partial charge in [-0.3, -0.25) is 9.59 Å². The lowest BCUT2D eigenvalue weighted by Gasteiger charge is -2.15. The molecule has 0 bridgehead atoms. The number of nitrogens with zero attached hydrogens (tertiary/aromatic N) is 1. The maximum absolute atomic E-state index is 11.6. The Morgan fingerprint density at radius 1 is 1.50 bits per heavy atom. The van der Waals surface area contributed by atoms with Gasteiger partial charge in [-0.25, -0.2) is 0 Å². The first kappa shape index (κ1) is 13.3. The van der Waals surface area contributed by atoms with E-state index in [1.165, 1.54) is 0 Å². The number of hydrogen-bond acceptors (Lipinski definition) is 4. The molecule has 1 saturated heterocycles. The molecule has 1 N–H and O–H groups in total. The van der Waals surface area contributed by atoms with Crippen molar-refractivity contribution in [2.24, 2.45) is 5.92 Å². The molecule has 16 heavy (non-hydrogen) atoms. The van der Waals surface area contributed by atoms with Crippen LogP contribution in [-0.4, -0.2) is 60.2 Å². The quantitative estimate of drug-likeness (QED) is 0.731. The molecule has 1 aliphatic heterocycles. The molecule has 1 fully saturated rings. The number of carboxylic acid groups (broad SMARTS) is 1. The summed E-state index contributed by atoms with van der Waals surface area (Å²) >= 11 is 1.15. The number of ether oxygens (including phenoxy) is 1. The highest BCUT2D eigenvalue weighted by atomic mass is 32.2. The van der Waals surface area contributed by atoms with Crippen LogP contribution < -0.4 is 0 Å². The van der Waals surface area contributed by atoms with Gasteiger partial charge in [0.25, 0.3) is 0 Å². The maximum Gasteiger partial charge on any atom is 0.313 e. The zero-order valence-electron chi connectivity index (χ0n) is 9.35. The molecule has 0 radical (unpaired) electrons. The predicted molar refractivity (Wildman–Crippen MR) is 61.5 cm³/mol.